The minimum atomic E-state index is 0.164. The van der Waals surface area contributed by atoms with Gasteiger partial charge in [0.05, 0.1) is 6.26 Å². The molecule has 0 aromatic carbocycles. The Morgan fingerprint density at radius 3 is 2.80 bits per heavy atom. The molecule has 15 heavy (non-hydrogen) atoms. The number of nitrogens with two attached hydrogens (primary N) is 1. The number of furan rings is 1. The summed E-state index contributed by atoms with van der Waals surface area (Å²) < 4.78 is 5.30. The van der Waals surface area contributed by atoms with Crippen LogP contribution in [0.3, 0.4) is 0 Å². The molecule has 0 fully saturated rings. The summed E-state index contributed by atoms with van der Waals surface area (Å²) >= 11 is 0. The van der Waals surface area contributed by atoms with Crippen molar-refractivity contribution in [1.29, 1.82) is 0 Å². The molecule has 0 bridgehead atoms. The first-order chi connectivity index (χ1) is 7.03. The Morgan fingerprint density at radius 1 is 1.53 bits per heavy atom. The molecule has 3 N–H and O–H groups in total. The lowest BCUT2D eigenvalue weighted by Gasteiger charge is -2.25. The first kappa shape index (κ1) is 12.3. The largest absolute Gasteiger partial charge is 0.469 e. The van der Waals surface area contributed by atoms with Gasteiger partial charge in [0.25, 0.3) is 0 Å². The van der Waals surface area contributed by atoms with E-state index in [1.165, 1.54) is 0 Å². The number of hydrogen-bond acceptors (Lipinski definition) is 3. The molecule has 3 heteroatoms. The molecule has 0 aliphatic rings. The molecule has 0 aliphatic carbocycles. The fourth-order valence-electron chi connectivity index (χ4n) is 1.33. The minimum Gasteiger partial charge on any atom is -0.469 e. The third-order valence-electron chi connectivity index (χ3n) is 2.57. The molecule has 1 aromatic heterocycles. The highest BCUT2D eigenvalue weighted by Crippen LogP contribution is 2.11. The summed E-state index contributed by atoms with van der Waals surface area (Å²) in [6.07, 6.45) is 2.64. The van der Waals surface area contributed by atoms with Crippen LogP contribution < -0.4 is 11.1 Å². The Hall–Kier alpha value is -0.800. The van der Waals surface area contributed by atoms with Crippen molar-refractivity contribution in [2.75, 3.05) is 13.1 Å². The second kappa shape index (κ2) is 5.33. The van der Waals surface area contributed by atoms with Gasteiger partial charge in [0.1, 0.15) is 5.76 Å². The van der Waals surface area contributed by atoms with Gasteiger partial charge in [-0.1, -0.05) is 13.8 Å². The summed E-state index contributed by atoms with van der Waals surface area (Å²) in [7, 11) is 0. The molecule has 86 valence electrons. The van der Waals surface area contributed by atoms with E-state index in [-0.39, 0.29) is 5.41 Å². The van der Waals surface area contributed by atoms with Crippen molar-refractivity contribution in [1.82, 2.24) is 5.32 Å². The maximum absolute atomic E-state index is 5.67. The van der Waals surface area contributed by atoms with Crippen LogP contribution in [-0.4, -0.2) is 19.1 Å². The van der Waals surface area contributed by atoms with Crippen LogP contribution in [0.5, 0.6) is 0 Å². The van der Waals surface area contributed by atoms with Gasteiger partial charge in [0, 0.05) is 19.0 Å². The molecule has 3 nitrogen and oxygen atoms in total. The Labute approximate surface area is 92.0 Å². The monoisotopic (exact) mass is 210 g/mol. The molecule has 0 saturated carbocycles. The summed E-state index contributed by atoms with van der Waals surface area (Å²) in [5.74, 6) is 1.03. The molecule has 1 unspecified atom stereocenters. The van der Waals surface area contributed by atoms with Gasteiger partial charge < -0.3 is 15.5 Å². The third-order valence-corrected chi connectivity index (χ3v) is 2.57. The second-order valence-electron chi connectivity index (χ2n) is 4.93. The van der Waals surface area contributed by atoms with Crippen LogP contribution in [0.1, 0.15) is 26.5 Å². The van der Waals surface area contributed by atoms with E-state index in [0.717, 1.165) is 18.7 Å². The van der Waals surface area contributed by atoms with Crippen molar-refractivity contribution in [2.24, 2.45) is 11.1 Å². The minimum absolute atomic E-state index is 0.164. The zero-order valence-corrected chi connectivity index (χ0v) is 9.92. The predicted molar refractivity (Wildman–Crippen MR) is 62.7 cm³/mol. The fourth-order valence-corrected chi connectivity index (χ4v) is 1.33. The first-order valence-corrected chi connectivity index (χ1v) is 5.49. The average Bonchev–Trinajstić information content (AvgIpc) is 2.68. The second-order valence-corrected chi connectivity index (χ2v) is 4.93. The van der Waals surface area contributed by atoms with Crippen LogP contribution in [-0.2, 0) is 6.42 Å². The van der Waals surface area contributed by atoms with Gasteiger partial charge in [-0.05, 0) is 31.0 Å². The lowest BCUT2D eigenvalue weighted by molar-refractivity contribution is 0.327. The smallest absolute Gasteiger partial charge is 0.105 e. The molecule has 0 amide bonds. The van der Waals surface area contributed by atoms with E-state index >= 15 is 0 Å². The van der Waals surface area contributed by atoms with E-state index in [1.54, 1.807) is 6.26 Å². The normalized spacial score (nSPS) is 14.1. The third kappa shape index (κ3) is 4.49. The van der Waals surface area contributed by atoms with Gasteiger partial charge in [-0.15, -0.1) is 0 Å². The molecular weight excluding hydrogens is 188 g/mol. The lowest BCUT2D eigenvalue weighted by atomic mass is 9.93. The summed E-state index contributed by atoms with van der Waals surface area (Å²) in [5.41, 5.74) is 5.83. The van der Waals surface area contributed by atoms with E-state index in [2.05, 4.69) is 26.1 Å². The quantitative estimate of drug-likeness (QED) is 0.752. The molecule has 0 radical (unpaired) electrons. The molecule has 1 rings (SSSR count). The maximum Gasteiger partial charge on any atom is 0.105 e. The molecule has 0 saturated heterocycles. The number of nitrogens with one attached hydrogen (secondary N) is 1. The average molecular weight is 210 g/mol. The van der Waals surface area contributed by atoms with Crippen LogP contribution in [0, 0.1) is 5.41 Å². The van der Waals surface area contributed by atoms with Gasteiger partial charge in [-0.3, -0.25) is 0 Å². The van der Waals surface area contributed by atoms with Crippen LogP contribution >= 0.6 is 0 Å². The first-order valence-electron chi connectivity index (χ1n) is 5.49. The topological polar surface area (TPSA) is 51.2 Å². The summed E-state index contributed by atoms with van der Waals surface area (Å²) in [6, 6.07) is 4.35. The van der Waals surface area contributed by atoms with Gasteiger partial charge >= 0.3 is 0 Å². The van der Waals surface area contributed by atoms with Crippen molar-refractivity contribution in [3.63, 3.8) is 0 Å². The summed E-state index contributed by atoms with van der Waals surface area (Å²) in [5, 5.41) is 3.47. The van der Waals surface area contributed by atoms with Gasteiger partial charge in [-0.2, -0.15) is 0 Å². The van der Waals surface area contributed by atoms with Crippen molar-refractivity contribution in [3.05, 3.63) is 24.2 Å². The van der Waals surface area contributed by atoms with Crippen LogP contribution in [0.2, 0.25) is 0 Å². The summed E-state index contributed by atoms with van der Waals surface area (Å²) in [4.78, 5) is 0. The Balaban J connectivity index is 2.28. The molecule has 1 atom stereocenters. The van der Waals surface area contributed by atoms with Crippen molar-refractivity contribution >= 4 is 0 Å². The zero-order valence-electron chi connectivity index (χ0n) is 9.92. The standard InChI is InChI=1S/C12H22N2O/c1-10(7-11-5-4-6-15-11)14-9-12(2,3)8-13/h4-6,10,14H,7-9,13H2,1-3H3. The van der Waals surface area contributed by atoms with Crippen molar-refractivity contribution in [2.45, 2.75) is 33.2 Å². The molecule has 1 aromatic rings. The van der Waals surface area contributed by atoms with Crippen molar-refractivity contribution < 1.29 is 4.42 Å². The lowest BCUT2D eigenvalue weighted by Crippen LogP contribution is -2.40. The molecule has 1 heterocycles. The highest BCUT2D eigenvalue weighted by molar-refractivity contribution is 5.00. The van der Waals surface area contributed by atoms with E-state index < -0.39 is 0 Å². The van der Waals surface area contributed by atoms with E-state index in [4.69, 9.17) is 10.2 Å². The van der Waals surface area contributed by atoms with E-state index in [9.17, 15) is 0 Å². The molecule has 0 spiro atoms. The van der Waals surface area contributed by atoms with Gasteiger partial charge in [0.15, 0.2) is 0 Å². The maximum atomic E-state index is 5.67. The summed E-state index contributed by atoms with van der Waals surface area (Å²) in [6.45, 7) is 8.13. The highest BCUT2D eigenvalue weighted by Gasteiger charge is 2.16. The SMILES string of the molecule is CC(Cc1ccco1)NCC(C)(C)CN. The zero-order chi connectivity index (χ0) is 11.3. The van der Waals surface area contributed by atoms with Crippen LogP contribution in [0.4, 0.5) is 0 Å². The Bertz CT molecular complexity index is 267. The fraction of sp³-hybridized carbons (Fsp3) is 0.667. The number of hydrogen-bond donors (Lipinski definition) is 2. The molecule has 0 aliphatic heterocycles. The Morgan fingerprint density at radius 2 is 2.27 bits per heavy atom. The van der Waals surface area contributed by atoms with Crippen LogP contribution in [0.15, 0.2) is 22.8 Å². The van der Waals surface area contributed by atoms with E-state index in [1.807, 2.05) is 12.1 Å². The number of rotatable bonds is 6. The highest BCUT2D eigenvalue weighted by atomic mass is 16.3. The van der Waals surface area contributed by atoms with Crippen LogP contribution in [0.25, 0.3) is 0 Å². The van der Waals surface area contributed by atoms with Crippen molar-refractivity contribution in [3.8, 4) is 0 Å². The van der Waals surface area contributed by atoms with Gasteiger partial charge in [-0.25, -0.2) is 0 Å². The van der Waals surface area contributed by atoms with E-state index in [0.29, 0.717) is 12.6 Å². The molecular formula is C12H22N2O. The predicted octanol–water partition coefficient (Wildman–Crippen LogP) is 1.79. The Kier molecular flexibility index (Phi) is 4.36. The van der Waals surface area contributed by atoms with Gasteiger partial charge in [0.2, 0.25) is 0 Å².